The number of carbonyl (C=O) groups excluding carboxylic acids is 1. The van der Waals surface area contributed by atoms with Gasteiger partial charge in [-0.05, 0) is 51.5 Å². The number of halogens is 1. The molecular weight excluding hydrogens is 464 g/mol. The molecule has 3 aromatic rings. The molecule has 34 heavy (non-hydrogen) atoms. The van der Waals surface area contributed by atoms with E-state index in [4.69, 9.17) is 26.0 Å². The molecule has 0 bridgehead atoms. The number of aliphatic hydroxyl groups is 2. The van der Waals surface area contributed by atoms with Gasteiger partial charge in [0.2, 0.25) is 17.7 Å². The summed E-state index contributed by atoms with van der Waals surface area (Å²) in [4.78, 5) is 24.3. The molecule has 12 heteroatoms. The predicted molar refractivity (Wildman–Crippen MR) is 126 cm³/mol. The lowest BCUT2D eigenvalue weighted by atomic mass is 10.1. The fraction of sp³-hybridized carbons (Fsp3) is 0.409. The lowest BCUT2D eigenvalue weighted by molar-refractivity contribution is -0.124. The Balaban J connectivity index is 1.75. The van der Waals surface area contributed by atoms with Gasteiger partial charge in [-0.15, -0.1) is 0 Å². The van der Waals surface area contributed by atoms with Crippen LogP contribution in [0.2, 0.25) is 5.02 Å². The highest BCUT2D eigenvalue weighted by molar-refractivity contribution is 6.32. The Morgan fingerprint density at radius 3 is 2.65 bits per heavy atom. The van der Waals surface area contributed by atoms with Crippen LogP contribution in [0.15, 0.2) is 22.7 Å². The van der Waals surface area contributed by atoms with Crippen LogP contribution in [0.5, 0.6) is 5.75 Å². The van der Waals surface area contributed by atoms with Crippen LogP contribution in [0.1, 0.15) is 25.1 Å². The molecule has 4 N–H and O–H groups in total. The molecule has 0 radical (unpaired) electrons. The number of nitrogens with zero attached hydrogens (tertiary/aromatic N) is 4. The molecule has 182 valence electrons. The number of aliphatic hydroxyl groups excluding tert-OH is 2. The summed E-state index contributed by atoms with van der Waals surface area (Å²) in [5, 5.41) is 28.5. The smallest absolute Gasteiger partial charge is 0.277 e. The van der Waals surface area contributed by atoms with Crippen molar-refractivity contribution in [1.82, 2.24) is 25.4 Å². The number of benzene rings is 1. The average Bonchev–Trinajstić information content (AvgIpc) is 3.26. The first-order chi connectivity index (χ1) is 16.2. The van der Waals surface area contributed by atoms with Crippen LogP contribution in [0.3, 0.4) is 0 Å². The van der Waals surface area contributed by atoms with E-state index in [1.54, 1.807) is 25.1 Å². The second kappa shape index (κ2) is 11.2. The van der Waals surface area contributed by atoms with E-state index >= 15 is 0 Å². The van der Waals surface area contributed by atoms with Gasteiger partial charge < -0.3 is 30.1 Å². The Morgan fingerprint density at radius 1 is 1.21 bits per heavy atom. The first-order valence-electron chi connectivity index (χ1n) is 10.6. The Labute approximate surface area is 201 Å². The molecule has 2 heterocycles. The Kier molecular flexibility index (Phi) is 8.37. The number of hydrogen-bond acceptors (Lipinski definition) is 10. The van der Waals surface area contributed by atoms with E-state index in [2.05, 4.69) is 30.7 Å². The molecular formula is C22H27ClN6O5. The highest BCUT2D eigenvalue weighted by Gasteiger charge is 2.17. The van der Waals surface area contributed by atoms with Gasteiger partial charge in [0.15, 0.2) is 0 Å². The summed E-state index contributed by atoms with van der Waals surface area (Å²) < 4.78 is 11.1. The number of ether oxygens (including phenoxy) is 1. The molecule has 0 saturated heterocycles. The predicted octanol–water partition coefficient (Wildman–Crippen LogP) is 2.13. The van der Waals surface area contributed by atoms with Crippen molar-refractivity contribution in [3.05, 3.63) is 34.5 Å². The summed E-state index contributed by atoms with van der Waals surface area (Å²) in [7, 11) is 0. The van der Waals surface area contributed by atoms with E-state index < -0.39 is 18.6 Å². The molecule has 0 aliphatic heterocycles. The molecule has 0 fully saturated rings. The average molecular weight is 491 g/mol. The van der Waals surface area contributed by atoms with Crippen molar-refractivity contribution in [2.24, 2.45) is 0 Å². The Bertz CT molecular complexity index is 1130. The summed E-state index contributed by atoms with van der Waals surface area (Å²) in [5.41, 5.74) is 2.57. The first kappa shape index (κ1) is 25.3. The SMILES string of the molecule is Cc1cc(-c2nc(-c3cc(C)c(OC[C@@H](O)CNC(=O)CO)c(Cl)c3)no2)nc(NC(C)C)n1. The molecule has 0 aliphatic carbocycles. The van der Waals surface area contributed by atoms with Gasteiger partial charge in [-0.25, -0.2) is 9.97 Å². The number of carbonyl (C=O) groups is 1. The van der Waals surface area contributed by atoms with Gasteiger partial charge in [0.05, 0.1) is 5.02 Å². The monoisotopic (exact) mass is 490 g/mol. The molecule has 11 nitrogen and oxygen atoms in total. The minimum Gasteiger partial charge on any atom is -0.489 e. The van der Waals surface area contributed by atoms with Crippen LogP contribution in [-0.4, -0.2) is 68.1 Å². The Morgan fingerprint density at radius 2 is 1.97 bits per heavy atom. The van der Waals surface area contributed by atoms with Crippen molar-refractivity contribution < 1.29 is 24.3 Å². The fourth-order valence-corrected chi connectivity index (χ4v) is 3.34. The molecule has 2 aromatic heterocycles. The van der Waals surface area contributed by atoms with Gasteiger partial charge in [-0.2, -0.15) is 4.98 Å². The van der Waals surface area contributed by atoms with Gasteiger partial charge in [0.25, 0.3) is 5.89 Å². The van der Waals surface area contributed by atoms with Crippen LogP contribution in [0, 0.1) is 13.8 Å². The van der Waals surface area contributed by atoms with Crippen LogP contribution >= 0.6 is 11.6 Å². The van der Waals surface area contributed by atoms with Gasteiger partial charge in [0.1, 0.15) is 30.8 Å². The number of rotatable bonds is 10. The van der Waals surface area contributed by atoms with Crippen molar-refractivity contribution in [2.75, 3.05) is 25.1 Å². The maximum Gasteiger partial charge on any atom is 0.277 e. The number of hydrogen-bond donors (Lipinski definition) is 4. The number of amides is 1. The van der Waals surface area contributed by atoms with E-state index in [0.29, 0.717) is 39.4 Å². The zero-order valence-corrected chi connectivity index (χ0v) is 20.0. The second-order valence-corrected chi connectivity index (χ2v) is 8.38. The third kappa shape index (κ3) is 6.62. The van der Waals surface area contributed by atoms with Crippen molar-refractivity contribution in [2.45, 2.75) is 39.8 Å². The normalized spacial score (nSPS) is 12.0. The third-order valence-corrected chi connectivity index (χ3v) is 4.78. The van der Waals surface area contributed by atoms with Crippen molar-refractivity contribution in [3.8, 4) is 28.7 Å². The number of anilines is 1. The molecule has 1 atom stereocenters. The third-order valence-electron chi connectivity index (χ3n) is 4.50. The fourth-order valence-electron chi connectivity index (χ4n) is 3.01. The highest BCUT2D eigenvalue weighted by atomic mass is 35.5. The van der Waals surface area contributed by atoms with E-state index in [0.717, 1.165) is 5.69 Å². The maximum atomic E-state index is 11.1. The van der Waals surface area contributed by atoms with Crippen molar-refractivity contribution >= 4 is 23.5 Å². The summed E-state index contributed by atoms with van der Waals surface area (Å²) in [6.07, 6.45) is -0.975. The van der Waals surface area contributed by atoms with E-state index in [9.17, 15) is 9.90 Å². The van der Waals surface area contributed by atoms with E-state index in [1.807, 2.05) is 20.8 Å². The molecule has 0 saturated carbocycles. The number of nitrogens with one attached hydrogen (secondary N) is 2. The Hall–Kier alpha value is -3.28. The van der Waals surface area contributed by atoms with Gasteiger partial charge >= 0.3 is 0 Å². The first-order valence-corrected chi connectivity index (χ1v) is 11.0. The largest absolute Gasteiger partial charge is 0.489 e. The lowest BCUT2D eigenvalue weighted by Crippen LogP contribution is -2.36. The summed E-state index contributed by atoms with van der Waals surface area (Å²) in [6, 6.07) is 5.34. The van der Waals surface area contributed by atoms with Gasteiger partial charge in [-0.3, -0.25) is 4.79 Å². The van der Waals surface area contributed by atoms with Crippen molar-refractivity contribution in [1.29, 1.82) is 0 Å². The molecule has 0 spiro atoms. The van der Waals surface area contributed by atoms with Crippen LogP contribution in [0.25, 0.3) is 23.0 Å². The lowest BCUT2D eigenvalue weighted by Gasteiger charge is -2.16. The minimum atomic E-state index is -0.975. The zero-order chi connectivity index (χ0) is 24.8. The van der Waals surface area contributed by atoms with Gasteiger partial charge in [-0.1, -0.05) is 16.8 Å². The van der Waals surface area contributed by atoms with Gasteiger partial charge in [0, 0.05) is 23.8 Å². The second-order valence-electron chi connectivity index (χ2n) is 7.97. The molecule has 0 aliphatic rings. The zero-order valence-electron chi connectivity index (χ0n) is 19.3. The summed E-state index contributed by atoms with van der Waals surface area (Å²) in [6.45, 7) is 6.83. The van der Waals surface area contributed by atoms with Crippen molar-refractivity contribution in [3.63, 3.8) is 0 Å². The molecule has 1 aromatic carbocycles. The number of aryl methyl sites for hydroxylation is 2. The summed E-state index contributed by atoms with van der Waals surface area (Å²) >= 11 is 6.41. The van der Waals surface area contributed by atoms with E-state index in [-0.39, 0.29) is 25.1 Å². The highest BCUT2D eigenvalue weighted by Crippen LogP contribution is 2.34. The minimum absolute atomic E-state index is 0.0588. The van der Waals surface area contributed by atoms with Crippen LogP contribution in [0.4, 0.5) is 5.95 Å². The maximum absolute atomic E-state index is 11.1. The number of aromatic nitrogens is 4. The summed E-state index contributed by atoms with van der Waals surface area (Å²) in [5.74, 6) is 0.852. The van der Waals surface area contributed by atoms with Crippen LogP contribution in [-0.2, 0) is 4.79 Å². The van der Waals surface area contributed by atoms with Crippen LogP contribution < -0.4 is 15.4 Å². The quantitative estimate of drug-likeness (QED) is 0.332. The van der Waals surface area contributed by atoms with E-state index in [1.165, 1.54) is 0 Å². The molecule has 0 unspecified atom stereocenters. The standard InChI is InChI=1S/C22H27ClN6O5/c1-11(2)25-22-26-13(4)6-17(27-22)21-28-20(29-34-21)14-5-12(3)19(16(23)7-14)33-10-15(31)8-24-18(32)9-30/h5-7,11,15,30-31H,8-10H2,1-4H3,(H,24,32)(H,25,26,27)/t15-/m0/s1. The topological polar surface area (TPSA) is 156 Å². The molecule has 1 amide bonds. The molecule has 3 rings (SSSR count).